The highest BCUT2D eigenvalue weighted by Gasteiger charge is 2.14. The van der Waals surface area contributed by atoms with Gasteiger partial charge in [0.1, 0.15) is 4.83 Å². The van der Waals surface area contributed by atoms with Gasteiger partial charge in [0.25, 0.3) is 0 Å². The number of fused-ring (bicyclic) bond motifs is 1. The van der Waals surface area contributed by atoms with Crippen molar-refractivity contribution in [3.63, 3.8) is 0 Å². The first-order valence-electron chi connectivity index (χ1n) is 7.49. The van der Waals surface area contributed by atoms with Gasteiger partial charge in [0.15, 0.2) is 0 Å². The molecule has 3 rings (SSSR count). The van der Waals surface area contributed by atoms with Crippen LogP contribution in [-0.4, -0.2) is 11.5 Å². The molecule has 0 radical (unpaired) electrons. The third-order valence-corrected chi connectivity index (χ3v) is 4.58. The number of aryl methyl sites for hydroxylation is 1. The van der Waals surface area contributed by atoms with Gasteiger partial charge in [-0.25, -0.2) is 9.78 Å². The largest absolute Gasteiger partial charge is 0.406 e. The van der Waals surface area contributed by atoms with E-state index in [-0.39, 0.29) is 11.7 Å². The van der Waals surface area contributed by atoms with Crippen LogP contribution in [0.5, 0.6) is 0 Å². The van der Waals surface area contributed by atoms with Gasteiger partial charge in [-0.2, -0.15) is 0 Å². The zero-order chi connectivity index (χ0) is 16.2. The summed E-state index contributed by atoms with van der Waals surface area (Å²) >= 11 is 1.47. The van der Waals surface area contributed by atoms with Gasteiger partial charge in [0.05, 0.1) is 11.4 Å². The molecule has 0 fully saturated rings. The minimum atomic E-state index is -0.308. The van der Waals surface area contributed by atoms with E-state index in [1.165, 1.54) is 11.3 Å². The van der Waals surface area contributed by atoms with Crippen LogP contribution in [0.3, 0.4) is 0 Å². The Morgan fingerprint density at radius 1 is 1.35 bits per heavy atom. The van der Waals surface area contributed by atoms with Crippen LogP contribution in [0.1, 0.15) is 30.0 Å². The fraction of sp³-hybridized carbons (Fsp3) is 0.222. The second-order valence-electron chi connectivity index (χ2n) is 5.38. The lowest BCUT2D eigenvalue weighted by atomic mass is 10.2. The minimum Gasteiger partial charge on any atom is -0.406 e. The lowest BCUT2D eigenvalue weighted by Crippen LogP contribution is -2.21. The zero-order valence-electron chi connectivity index (χ0n) is 13.1. The molecule has 0 saturated heterocycles. The normalized spacial score (nSPS) is 13.0. The highest BCUT2D eigenvalue weighted by molar-refractivity contribution is 7.16. The molecule has 0 aliphatic rings. The molecule has 118 valence electrons. The van der Waals surface area contributed by atoms with Gasteiger partial charge in [0, 0.05) is 6.54 Å². The summed E-state index contributed by atoms with van der Waals surface area (Å²) in [5.41, 5.74) is 1.77. The predicted octanol–water partition coefficient (Wildman–Crippen LogP) is 3.92. The molecule has 23 heavy (non-hydrogen) atoms. The van der Waals surface area contributed by atoms with Crippen molar-refractivity contribution in [1.29, 1.82) is 0 Å². The standard InChI is InChI=1S/C18H18N2O2S/c1-12-11-23-17-15(12)18(21)22-16(20-17)13(2)19-10-6-9-14-7-4-3-5-8-14/h3-9,11,13,19H,10H2,1-2H3/b9-6+/t13-/m0/s1. The summed E-state index contributed by atoms with van der Waals surface area (Å²) in [6.45, 7) is 4.50. The van der Waals surface area contributed by atoms with Crippen LogP contribution in [0.4, 0.5) is 0 Å². The smallest absolute Gasteiger partial charge is 0.348 e. The van der Waals surface area contributed by atoms with Crippen LogP contribution in [0.15, 0.2) is 51.0 Å². The van der Waals surface area contributed by atoms with Crippen molar-refractivity contribution in [2.45, 2.75) is 19.9 Å². The number of aromatic nitrogens is 1. The number of nitrogens with one attached hydrogen (secondary N) is 1. The summed E-state index contributed by atoms with van der Waals surface area (Å²) in [7, 11) is 0. The molecule has 2 aromatic heterocycles. The molecule has 0 unspecified atom stereocenters. The highest BCUT2D eigenvalue weighted by atomic mass is 32.1. The minimum absolute atomic E-state index is 0.130. The number of hydrogen-bond acceptors (Lipinski definition) is 5. The summed E-state index contributed by atoms with van der Waals surface area (Å²) in [6, 6.07) is 9.98. The van der Waals surface area contributed by atoms with Crippen molar-refractivity contribution in [3.05, 3.63) is 69.2 Å². The van der Waals surface area contributed by atoms with Crippen molar-refractivity contribution in [1.82, 2.24) is 10.3 Å². The molecule has 0 spiro atoms. The quantitative estimate of drug-likeness (QED) is 0.772. The summed E-state index contributed by atoms with van der Waals surface area (Å²) in [4.78, 5) is 17.3. The van der Waals surface area contributed by atoms with E-state index in [1.54, 1.807) is 0 Å². The van der Waals surface area contributed by atoms with Crippen molar-refractivity contribution in [3.8, 4) is 0 Å². The molecular weight excluding hydrogens is 308 g/mol. The summed E-state index contributed by atoms with van der Waals surface area (Å²) in [6.07, 6.45) is 4.09. The Morgan fingerprint density at radius 2 is 2.13 bits per heavy atom. The van der Waals surface area contributed by atoms with Gasteiger partial charge in [-0.1, -0.05) is 42.5 Å². The molecule has 0 aliphatic heterocycles. The summed E-state index contributed by atoms with van der Waals surface area (Å²) in [5, 5.41) is 5.81. The second kappa shape index (κ2) is 6.89. The molecule has 3 aromatic rings. The fourth-order valence-corrected chi connectivity index (χ4v) is 3.22. The first kappa shape index (κ1) is 15.6. The average molecular weight is 326 g/mol. The molecule has 0 aliphatic carbocycles. The molecule has 0 bridgehead atoms. The maximum Gasteiger partial charge on any atom is 0.348 e. The molecule has 0 saturated carbocycles. The van der Waals surface area contributed by atoms with Gasteiger partial charge in [-0.3, -0.25) is 0 Å². The molecule has 2 heterocycles. The van der Waals surface area contributed by atoms with E-state index in [0.717, 1.165) is 16.0 Å². The van der Waals surface area contributed by atoms with Gasteiger partial charge in [0.2, 0.25) is 5.89 Å². The van der Waals surface area contributed by atoms with E-state index >= 15 is 0 Å². The number of thiophene rings is 1. The lowest BCUT2D eigenvalue weighted by molar-refractivity contribution is 0.390. The molecule has 1 N–H and O–H groups in total. The van der Waals surface area contributed by atoms with Crippen molar-refractivity contribution in [2.75, 3.05) is 6.54 Å². The van der Waals surface area contributed by atoms with Crippen molar-refractivity contribution < 1.29 is 4.42 Å². The average Bonchev–Trinajstić information content (AvgIpc) is 2.94. The van der Waals surface area contributed by atoms with Crippen molar-refractivity contribution in [2.24, 2.45) is 0 Å². The van der Waals surface area contributed by atoms with Crippen LogP contribution >= 0.6 is 11.3 Å². The summed E-state index contributed by atoms with van der Waals surface area (Å²) < 4.78 is 5.36. The van der Waals surface area contributed by atoms with Crippen LogP contribution in [-0.2, 0) is 0 Å². The molecule has 1 atom stereocenters. The maximum absolute atomic E-state index is 12.1. The first-order chi connectivity index (χ1) is 11.1. The number of hydrogen-bond donors (Lipinski definition) is 1. The third kappa shape index (κ3) is 3.57. The Kier molecular flexibility index (Phi) is 4.69. The molecule has 0 amide bonds. The number of nitrogens with zero attached hydrogens (tertiary/aromatic N) is 1. The van der Waals surface area contributed by atoms with Gasteiger partial charge < -0.3 is 9.73 Å². The topological polar surface area (TPSA) is 55.1 Å². The predicted molar refractivity (Wildman–Crippen MR) is 94.8 cm³/mol. The zero-order valence-corrected chi connectivity index (χ0v) is 13.9. The Balaban J connectivity index is 1.68. The highest BCUT2D eigenvalue weighted by Crippen LogP contribution is 2.22. The van der Waals surface area contributed by atoms with Crippen LogP contribution in [0.25, 0.3) is 16.3 Å². The van der Waals surface area contributed by atoms with E-state index in [4.69, 9.17) is 4.42 Å². The van der Waals surface area contributed by atoms with E-state index in [0.29, 0.717) is 17.8 Å². The fourth-order valence-electron chi connectivity index (χ4n) is 2.31. The Bertz CT molecular complexity index is 881. The van der Waals surface area contributed by atoms with E-state index in [9.17, 15) is 4.79 Å². The first-order valence-corrected chi connectivity index (χ1v) is 8.37. The molecule has 4 nitrogen and oxygen atoms in total. The second-order valence-corrected chi connectivity index (χ2v) is 6.24. The van der Waals surface area contributed by atoms with E-state index < -0.39 is 0 Å². The molecule has 5 heteroatoms. The van der Waals surface area contributed by atoms with Gasteiger partial charge >= 0.3 is 5.63 Å². The van der Waals surface area contributed by atoms with Gasteiger partial charge in [-0.15, -0.1) is 11.3 Å². The monoisotopic (exact) mass is 326 g/mol. The Labute approximate surface area is 138 Å². The van der Waals surface area contributed by atoms with Crippen molar-refractivity contribution >= 4 is 27.6 Å². The SMILES string of the molecule is Cc1csc2nc([C@H](C)NC/C=C/c3ccccc3)oc(=O)c12. The summed E-state index contributed by atoms with van der Waals surface area (Å²) in [5.74, 6) is 0.428. The van der Waals surface area contributed by atoms with Crippen LogP contribution in [0, 0.1) is 6.92 Å². The Hall–Kier alpha value is -2.24. The Morgan fingerprint density at radius 3 is 2.91 bits per heavy atom. The third-order valence-electron chi connectivity index (χ3n) is 3.59. The van der Waals surface area contributed by atoms with E-state index in [1.807, 2.05) is 55.6 Å². The van der Waals surface area contributed by atoms with Gasteiger partial charge in [-0.05, 0) is 30.4 Å². The van der Waals surface area contributed by atoms with Crippen LogP contribution < -0.4 is 10.9 Å². The number of rotatable bonds is 5. The maximum atomic E-state index is 12.1. The molecule has 1 aromatic carbocycles. The van der Waals surface area contributed by atoms with E-state index in [2.05, 4.69) is 16.4 Å². The lowest BCUT2D eigenvalue weighted by Gasteiger charge is -2.09. The van der Waals surface area contributed by atoms with Crippen LogP contribution in [0.2, 0.25) is 0 Å². The number of benzene rings is 1. The molecular formula is C18H18N2O2S.